The smallest absolute Gasteiger partial charge is 0.322 e. The van der Waals surface area contributed by atoms with Crippen molar-refractivity contribution in [1.29, 1.82) is 0 Å². The second-order valence-corrected chi connectivity index (χ2v) is 3.84. The molecule has 0 heterocycles. The Bertz CT molecular complexity index is 99.2. The molecule has 0 nitrogen and oxygen atoms in total. The summed E-state index contributed by atoms with van der Waals surface area (Å²) in [5.41, 5.74) is 0. The van der Waals surface area contributed by atoms with E-state index in [2.05, 4.69) is 20.3 Å². The van der Waals surface area contributed by atoms with E-state index in [-0.39, 0.29) is 18.9 Å². The largest absolute Gasteiger partial charge is 1.00 e. The molecule has 1 fully saturated rings. The Morgan fingerprint density at radius 1 is 1.17 bits per heavy atom. The zero-order valence-electron chi connectivity index (χ0n) is 8.97. The number of rotatable bonds is 3. The molecule has 66 valence electrons. The summed E-state index contributed by atoms with van der Waals surface area (Å²) in [6.07, 6.45) is 11.2. The van der Waals surface area contributed by atoms with Crippen LogP contribution in [0.3, 0.4) is 0 Å². The molecule has 0 saturated heterocycles. The molecule has 0 N–H and O–H groups in total. The first-order chi connectivity index (χ1) is 5.36. The molecule has 2 atom stereocenters. The monoisotopic (exact) mass is 160 g/mol. The van der Waals surface area contributed by atoms with E-state index in [1.165, 1.54) is 38.5 Å². The molecule has 1 heteroatoms. The van der Waals surface area contributed by atoms with Crippen molar-refractivity contribution < 1.29 is 18.9 Å². The Morgan fingerprint density at radius 2 is 1.83 bits per heavy atom. The third-order valence-electron chi connectivity index (χ3n) is 2.88. The molecule has 0 bridgehead atoms. The van der Waals surface area contributed by atoms with E-state index in [9.17, 15) is 0 Å². The van der Waals surface area contributed by atoms with Gasteiger partial charge in [-0.05, 0) is 0 Å². The maximum atomic E-state index is 2.62. The van der Waals surface area contributed by atoms with Crippen molar-refractivity contribution in [2.24, 2.45) is 11.8 Å². The Kier molecular flexibility index (Phi) is 7.40. The quantitative estimate of drug-likeness (QED) is 0.423. The average molecular weight is 160 g/mol. The van der Waals surface area contributed by atoms with Gasteiger partial charge in [0.25, 0.3) is 0 Å². The van der Waals surface area contributed by atoms with E-state index in [4.69, 9.17) is 0 Å². The number of hydrogen-bond acceptors (Lipinski definition) is 0. The summed E-state index contributed by atoms with van der Waals surface area (Å²) in [5.74, 6) is 1.90. The van der Waals surface area contributed by atoms with Crippen LogP contribution in [0, 0.1) is 18.3 Å². The normalized spacial score (nSPS) is 29.5. The topological polar surface area (TPSA) is 0 Å². The van der Waals surface area contributed by atoms with Gasteiger partial charge in [-0.2, -0.15) is 11.8 Å². The van der Waals surface area contributed by atoms with Crippen molar-refractivity contribution >= 4 is 0 Å². The third kappa shape index (κ3) is 4.01. The first kappa shape index (κ1) is 12.6. The van der Waals surface area contributed by atoms with Gasteiger partial charge in [-0.3, -0.25) is 0 Å². The maximum absolute atomic E-state index is 2.62. The van der Waals surface area contributed by atoms with E-state index >= 15 is 0 Å². The van der Waals surface area contributed by atoms with Gasteiger partial charge in [0.1, 0.15) is 0 Å². The van der Waals surface area contributed by atoms with E-state index < -0.39 is 0 Å². The van der Waals surface area contributed by atoms with Crippen LogP contribution in [0.2, 0.25) is 0 Å². The Labute approximate surface area is 89.7 Å². The summed E-state index contributed by atoms with van der Waals surface area (Å²) in [7, 11) is 0. The summed E-state index contributed by atoms with van der Waals surface area (Å²) in [6, 6.07) is 0. The van der Waals surface area contributed by atoms with Crippen molar-refractivity contribution in [3.8, 4) is 0 Å². The van der Waals surface area contributed by atoms with Crippen LogP contribution in [0.15, 0.2) is 0 Å². The minimum absolute atomic E-state index is 0. The van der Waals surface area contributed by atoms with E-state index in [0.29, 0.717) is 0 Å². The van der Waals surface area contributed by atoms with E-state index in [1.54, 1.807) is 0 Å². The van der Waals surface area contributed by atoms with Crippen LogP contribution in [-0.2, 0) is 0 Å². The van der Waals surface area contributed by atoms with Crippen LogP contribution in [0.4, 0.5) is 0 Å². The molecular weight excluding hydrogens is 139 g/mol. The molecule has 2 unspecified atom stereocenters. The molecule has 1 aliphatic carbocycles. The van der Waals surface area contributed by atoms with Gasteiger partial charge < -0.3 is 6.42 Å². The van der Waals surface area contributed by atoms with Gasteiger partial charge in [0.05, 0.1) is 0 Å². The van der Waals surface area contributed by atoms with Crippen LogP contribution in [0.5, 0.6) is 0 Å². The Balaban J connectivity index is 0.00000121. The van der Waals surface area contributed by atoms with Gasteiger partial charge >= 0.3 is 18.9 Å². The molecule has 0 amide bonds. The molecule has 0 aromatic carbocycles. The zero-order valence-corrected chi connectivity index (χ0v) is 8.97. The van der Waals surface area contributed by atoms with Gasteiger partial charge in [-0.15, -0.1) is 0 Å². The maximum Gasteiger partial charge on any atom is 1.00 e. The molecule has 0 spiro atoms. The van der Waals surface area contributed by atoms with Crippen LogP contribution < -0.4 is 18.9 Å². The molecule has 1 aliphatic rings. The molecule has 0 aliphatic heterocycles. The fourth-order valence-corrected chi connectivity index (χ4v) is 2.17. The zero-order chi connectivity index (χ0) is 8.10. The van der Waals surface area contributed by atoms with Crippen molar-refractivity contribution in [2.45, 2.75) is 52.4 Å². The first-order valence-electron chi connectivity index (χ1n) is 5.21. The molecule has 0 radical (unpaired) electrons. The minimum atomic E-state index is 0. The van der Waals surface area contributed by atoms with Gasteiger partial charge in [-0.25, -0.2) is 0 Å². The van der Waals surface area contributed by atoms with Crippen LogP contribution in [-0.4, -0.2) is 0 Å². The van der Waals surface area contributed by atoms with Crippen molar-refractivity contribution in [3.63, 3.8) is 0 Å². The van der Waals surface area contributed by atoms with E-state index in [1.807, 2.05) is 0 Å². The first-order valence-corrected chi connectivity index (χ1v) is 5.21. The summed E-state index contributed by atoms with van der Waals surface area (Å²) in [5, 5.41) is 0. The van der Waals surface area contributed by atoms with E-state index in [0.717, 1.165) is 11.8 Å². The number of hydrogen-bond donors (Lipinski definition) is 0. The fraction of sp³-hybridized carbons (Fsp3) is 0.909. The average Bonchev–Trinajstić information content (AvgIpc) is 2.06. The fourth-order valence-electron chi connectivity index (χ4n) is 2.17. The summed E-state index contributed by atoms with van der Waals surface area (Å²) < 4.78 is 0. The molecule has 0 aromatic rings. The van der Waals surface area contributed by atoms with Crippen LogP contribution in [0.25, 0.3) is 0 Å². The standard InChI is InChI=1S/C11H21.Li/c1-3-6-11-8-5-7-10(4-2)9-11;/h9-11H,3-8H2,1-2H3;/q-1;+1. The molecule has 12 heavy (non-hydrogen) atoms. The summed E-state index contributed by atoms with van der Waals surface area (Å²) >= 11 is 0. The molecule has 1 rings (SSSR count). The van der Waals surface area contributed by atoms with Gasteiger partial charge in [0.2, 0.25) is 0 Å². The predicted molar refractivity (Wildman–Crippen MR) is 50.3 cm³/mol. The molecule has 0 aromatic heterocycles. The van der Waals surface area contributed by atoms with Crippen LogP contribution >= 0.6 is 0 Å². The summed E-state index contributed by atoms with van der Waals surface area (Å²) in [4.78, 5) is 0. The molecule has 1 saturated carbocycles. The van der Waals surface area contributed by atoms with Crippen molar-refractivity contribution in [1.82, 2.24) is 0 Å². The van der Waals surface area contributed by atoms with Gasteiger partial charge in [0, 0.05) is 0 Å². The summed E-state index contributed by atoms with van der Waals surface area (Å²) in [6.45, 7) is 4.61. The minimum Gasteiger partial charge on any atom is -0.322 e. The van der Waals surface area contributed by atoms with Crippen molar-refractivity contribution in [2.75, 3.05) is 0 Å². The second-order valence-electron chi connectivity index (χ2n) is 3.84. The molecular formula is C11H21Li. The van der Waals surface area contributed by atoms with Crippen LogP contribution in [0.1, 0.15) is 52.4 Å². The predicted octanol–water partition coefficient (Wildman–Crippen LogP) is 0.821. The van der Waals surface area contributed by atoms with Crippen molar-refractivity contribution in [3.05, 3.63) is 6.42 Å². The van der Waals surface area contributed by atoms with Gasteiger partial charge in [0.15, 0.2) is 0 Å². The SMILES string of the molecule is CCCC1[CH-]C(CC)CCC1.[Li+]. The Hall–Kier alpha value is 0.597. The Morgan fingerprint density at radius 3 is 2.42 bits per heavy atom. The van der Waals surface area contributed by atoms with Gasteiger partial charge in [-0.1, -0.05) is 52.4 Å². The third-order valence-corrected chi connectivity index (χ3v) is 2.88. The second kappa shape index (κ2) is 7.04.